The first-order valence-electron chi connectivity index (χ1n) is 9.08. The fraction of sp³-hybridized carbons (Fsp3) is 0.250. The second-order valence-corrected chi connectivity index (χ2v) is 6.93. The van der Waals surface area contributed by atoms with E-state index >= 15 is 0 Å². The van der Waals surface area contributed by atoms with Gasteiger partial charge < -0.3 is 9.47 Å². The number of rotatable bonds is 4. The van der Waals surface area contributed by atoms with Crippen LogP contribution in [0.2, 0.25) is 0 Å². The predicted octanol–water partition coefficient (Wildman–Crippen LogP) is 3.26. The molecule has 1 saturated heterocycles. The molecule has 6 nitrogen and oxygen atoms in total. The molecule has 3 aromatic heterocycles. The highest BCUT2D eigenvalue weighted by molar-refractivity contribution is 5.72. The summed E-state index contributed by atoms with van der Waals surface area (Å²) in [6.45, 7) is 2.83. The first-order chi connectivity index (χ1) is 13.3. The van der Waals surface area contributed by atoms with E-state index in [1.54, 1.807) is 10.7 Å². The third kappa shape index (κ3) is 2.95. The Kier molecular flexibility index (Phi) is 3.85. The summed E-state index contributed by atoms with van der Waals surface area (Å²) in [6, 6.07) is 8.61. The molecule has 1 aromatic carbocycles. The number of fused-ring (bicyclic) bond motifs is 1. The molecule has 1 atom stereocenters. The average Bonchev–Trinajstić information content (AvgIpc) is 3.42. The number of imidazole rings is 1. The number of nitrogens with zero attached hydrogens (tertiary/aromatic N) is 6. The van der Waals surface area contributed by atoms with Crippen molar-refractivity contribution in [1.29, 1.82) is 0 Å². The molecule has 0 saturated carbocycles. The van der Waals surface area contributed by atoms with Crippen molar-refractivity contribution in [3.8, 4) is 11.4 Å². The lowest BCUT2D eigenvalue weighted by molar-refractivity contribution is 0.488. The number of anilines is 1. The summed E-state index contributed by atoms with van der Waals surface area (Å²) >= 11 is 0. The smallest absolute Gasteiger partial charge is 0.165 e. The summed E-state index contributed by atoms with van der Waals surface area (Å²) in [6.07, 6.45) is 10.4. The van der Waals surface area contributed by atoms with Gasteiger partial charge in [0.25, 0.3) is 0 Å². The summed E-state index contributed by atoms with van der Waals surface area (Å²) in [7, 11) is 0. The fourth-order valence-corrected chi connectivity index (χ4v) is 3.83. The molecule has 0 bridgehead atoms. The van der Waals surface area contributed by atoms with E-state index in [2.05, 4.69) is 24.5 Å². The maximum atomic E-state index is 13.2. The molecule has 1 aliphatic heterocycles. The van der Waals surface area contributed by atoms with Crippen LogP contribution in [0.4, 0.5) is 10.1 Å². The van der Waals surface area contributed by atoms with E-state index in [0.717, 1.165) is 48.8 Å². The molecule has 0 spiro atoms. The van der Waals surface area contributed by atoms with Crippen LogP contribution >= 0.6 is 0 Å². The molecule has 5 rings (SSSR count). The Bertz CT molecular complexity index is 1070. The van der Waals surface area contributed by atoms with Gasteiger partial charge in [0.2, 0.25) is 0 Å². The van der Waals surface area contributed by atoms with E-state index in [9.17, 15) is 4.39 Å². The largest absolute Gasteiger partial charge is 0.371 e. The van der Waals surface area contributed by atoms with Crippen LogP contribution in [0.5, 0.6) is 0 Å². The van der Waals surface area contributed by atoms with E-state index in [4.69, 9.17) is 0 Å². The number of aromatic nitrogens is 5. The lowest BCUT2D eigenvalue weighted by Crippen LogP contribution is -2.21. The topological polar surface area (TPSA) is 51.2 Å². The summed E-state index contributed by atoms with van der Waals surface area (Å²) in [5, 5.41) is 4.37. The van der Waals surface area contributed by atoms with Crippen LogP contribution in [0.1, 0.15) is 6.42 Å². The van der Waals surface area contributed by atoms with Gasteiger partial charge in [-0.1, -0.05) is 0 Å². The Balaban J connectivity index is 1.36. The van der Waals surface area contributed by atoms with E-state index in [1.807, 2.05) is 43.0 Å². The lowest BCUT2D eigenvalue weighted by Gasteiger charge is -2.19. The van der Waals surface area contributed by atoms with Gasteiger partial charge in [-0.2, -0.15) is 5.10 Å². The van der Waals surface area contributed by atoms with Crippen molar-refractivity contribution in [2.45, 2.75) is 13.0 Å². The monoisotopic (exact) mass is 362 g/mol. The molecule has 0 N–H and O–H groups in total. The van der Waals surface area contributed by atoms with Crippen molar-refractivity contribution in [1.82, 2.24) is 24.1 Å². The zero-order valence-corrected chi connectivity index (χ0v) is 14.7. The number of hydrogen-bond donors (Lipinski definition) is 0. The van der Waals surface area contributed by atoms with E-state index < -0.39 is 0 Å². The number of hydrogen-bond acceptors (Lipinski definition) is 4. The average molecular weight is 362 g/mol. The predicted molar refractivity (Wildman–Crippen MR) is 101 cm³/mol. The normalized spacial score (nSPS) is 17.1. The highest BCUT2D eigenvalue weighted by atomic mass is 19.1. The zero-order chi connectivity index (χ0) is 18.2. The molecule has 0 radical (unpaired) electrons. The summed E-state index contributed by atoms with van der Waals surface area (Å²) in [5.41, 5.74) is 2.83. The van der Waals surface area contributed by atoms with Crippen LogP contribution in [-0.2, 0) is 6.54 Å². The minimum absolute atomic E-state index is 0.195. The summed E-state index contributed by atoms with van der Waals surface area (Å²) < 4.78 is 17.1. The first kappa shape index (κ1) is 16.0. The number of halogens is 1. The minimum atomic E-state index is -0.195. The quantitative estimate of drug-likeness (QED) is 0.559. The van der Waals surface area contributed by atoms with E-state index in [1.165, 1.54) is 12.1 Å². The van der Waals surface area contributed by atoms with Crippen molar-refractivity contribution in [3.63, 3.8) is 0 Å². The van der Waals surface area contributed by atoms with Crippen molar-refractivity contribution in [2.24, 2.45) is 5.92 Å². The molecule has 27 heavy (non-hydrogen) atoms. The molecule has 1 unspecified atom stereocenters. The maximum Gasteiger partial charge on any atom is 0.165 e. The fourth-order valence-electron chi connectivity index (χ4n) is 3.83. The van der Waals surface area contributed by atoms with Crippen molar-refractivity contribution >= 4 is 11.3 Å². The van der Waals surface area contributed by atoms with Crippen LogP contribution < -0.4 is 4.90 Å². The van der Waals surface area contributed by atoms with Gasteiger partial charge in [-0.25, -0.2) is 18.9 Å². The second-order valence-electron chi connectivity index (χ2n) is 6.93. The molecular weight excluding hydrogens is 343 g/mol. The van der Waals surface area contributed by atoms with Gasteiger partial charge in [-0.3, -0.25) is 0 Å². The van der Waals surface area contributed by atoms with Crippen molar-refractivity contribution in [2.75, 3.05) is 18.0 Å². The molecule has 1 aliphatic rings. The van der Waals surface area contributed by atoms with Gasteiger partial charge in [0, 0.05) is 50.1 Å². The molecule has 1 fully saturated rings. The van der Waals surface area contributed by atoms with Gasteiger partial charge >= 0.3 is 0 Å². The van der Waals surface area contributed by atoms with Crippen molar-refractivity contribution < 1.29 is 4.39 Å². The third-order valence-electron chi connectivity index (χ3n) is 5.17. The SMILES string of the molecule is Fc1ccc(N2CCC(Cn3ccnc3-c3cnn4cccnc34)C2)cc1. The van der Waals surface area contributed by atoms with Crippen molar-refractivity contribution in [3.05, 3.63) is 67.1 Å². The van der Waals surface area contributed by atoms with Gasteiger partial charge in [0.05, 0.1) is 11.8 Å². The first-order valence-corrected chi connectivity index (χ1v) is 9.08. The van der Waals surface area contributed by atoms with E-state index in [0.29, 0.717) is 5.92 Å². The molecular formula is C20H19FN6. The highest BCUT2D eigenvalue weighted by Gasteiger charge is 2.24. The maximum absolute atomic E-state index is 13.2. The summed E-state index contributed by atoms with van der Waals surface area (Å²) in [5.74, 6) is 1.21. The standard InChI is InChI=1S/C20H19FN6/c21-16-2-4-17(5-3-16)25-10-6-15(13-25)14-26-11-8-23-19(26)18-12-24-27-9-1-7-22-20(18)27/h1-5,7-9,11-12,15H,6,10,13-14H2. The molecule has 4 heterocycles. The second kappa shape index (κ2) is 6.50. The highest BCUT2D eigenvalue weighted by Crippen LogP contribution is 2.27. The molecule has 7 heteroatoms. The molecule has 0 aliphatic carbocycles. The van der Waals surface area contributed by atoms with Crippen LogP contribution in [0.25, 0.3) is 17.0 Å². The minimum Gasteiger partial charge on any atom is -0.371 e. The van der Waals surface area contributed by atoms with Crippen LogP contribution in [0, 0.1) is 11.7 Å². The summed E-state index contributed by atoms with van der Waals surface area (Å²) in [4.78, 5) is 11.3. The van der Waals surface area contributed by atoms with Crippen LogP contribution in [0.15, 0.2) is 61.3 Å². The third-order valence-corrected chi connectivity index (χ3v) is 5.17. The van der Waals surface area contributed by atoms with Crippen LogP contribution in [0.3, 0.4) is 0 Å². The van der Waals surface area contributed by atoms with Gasteiger partial charge in [0.1, 0.15) is 11.6 Å². The zero-order valence-electron chi connectivity index (χ0n) is 14.7. The van der Waals surface area contributed by atoms with Gasteiger partial charge in [0.15, 0.2) is 5.65 Å². The molecule has 136 valence electrons. The number of benzene rings is 1. The van der Waals surface area contributed by atoms with E-state index in [-0.39, 0.29) is 5.82 Å². The van der Waals surface area contributed by atoms with Gasteiger partial charge in [-0.05, 0) is 42.7 Å². The molecule has 0 amide bonds. The lowest BCUT2D eigenvalue weighted by atomic mass is 10.1. The Hall–Kier alpha value is -3.22. The Morgan fingerprint density at radius 1 is 1.07 bits per heavy atom. The molecule has 4 aromatic rings. The van der Waals surface area contributed by atoms with Crippen LogP contribution in [-0.4, -0.2) is 37.2 Å². The van der Waals surface area contributed by atoms with Gasteiger partial charge in [-0.15, -0.1) is 0 Å². The Morgan fingerprint density at radius 2 is 1.96 bits per heavy atom. The Labute approximate surface area is 155 Å². The Morgan fingerprint density at radius 3 is 2.85 bits per heavy atom.